The van der Waals surface area contributed by atoms with Crippen LogP contribution < -0.4 is 4.90 Å². The first-order chi connectivity index (χ1) is 12.5. The molecule has 3 heteroatoms. The van der Waals surface area contributed by atoms with Crippen molar-refractivity contribution >= 4 is 43.2 Å². The number of benzene rings is 2. The molecule has 0 saturated carbocycles. The zero-order chi connectivity index (χ0) is 18.7. The molecule has 2 aromatic carbocycles. The van der Waals surface area contributed by atoms with E-state index in [1.807, 2.05) is 0 Å². The van der Waals surface area contributed by atoms with Crippen molar-refractivity contribution in [3.63, 3.8) is 0 Å². The highest BCUT2D eigenvalue weighted by atomic mass is 79.9. The van der Waals surface area contributed by atoms with E-state index in [9.17, 15) is 0 Å². The summed E-state index contributed by atoms with van der Waals surface area (Å²) in [5, 5.41) is 0. The van der Waals surface area contributed by atoms with Crippen LogP contribution in [0.2, 0.25) is 0 Å². The van der Waals surface area contributed by atoms with Crippen molar-refractivity contribution in [2.24, 2.45) is 5.92 Å². The Labute approximate surface area is 174 Å². The highest BCUT2D eigenvalue weighted by molar-refractivity contribution is 9.11. The first-order valence-electron chi connectivity index (χ1n) is 9.21. The van der Waals surface area contributed by atoms with Crippen molar-refractivity contribution in [3.05, 3.63) is 80.9 Å². The van der Waals surface area contributed by atoms with Gasteiger partial charge in [0.1, 0.15) is 0 Å². The van der Waals surface area contributed by atoms with E-state index in [1.54, 1.807) is 0 Å². The van der Waals surface area contributed by atoms with Crippen LogP contribution in [0.4, 0.5) is 11.4 Å². The Kier molecular flexibility index (Phi) is 6.42. The first kappa shape index (κ1) is 19.4. The van der Waals surface area contributed by atoms with E-state index in [1.165, 1.54) is 27.1 Å². The third-order valence-corrected chi connectivity index (χ3v) is 6.70. The summed E-state index contributed by atoms with van der Waals surface area (Å²) >= 11 is 7.23. The summed E-state index contributed by atoms with van der Waals surface area (Å²) in [4.78, 5) is 2.37. The number of hydrogen-bond donors (Lipinski definition) is 0. The molecule has 1 aliphatic rings. The van der Waals surface area contributed by atoms with Gasteiger partial charge in [0.15, 0.2) is 0 Å². The summed E-state index contributed by atoms with van der Waals surface area (Å²) in [7, 11) is 0. The van der Waals surface area contributed by atoms with Gasteiger partial charge in [0.25, 0.3) is 0 Å². The normalized spacial score (nSPS) is 18.1. The number of allylic oxidation sites excluding steroid dienone is 4. The predicted octanol–water partition coefficient (Wildman–Crippen LogP) is 8.30. The second-order valence-corrected chi connectivity index (χ2v) is 8.86. The topological polar surface area (TPSA) is 3.24 Å². The Hall–Kier alpha value is -1.32. The van der Waals surface area contributed by atoms with Gasteiger partial charge in [-0.05, 0) is 77.2 Å². The maximum Gasteiger partial charge on any atom is 0.0459 e. The van der Waals surface area contributed by atoms with E-state index in [4.69, 9.17) is 0 Å². The lowest BCUT2D eigenvalue weighted by Gasteiger charge is -2.31. The third kappa shape index (κ3) is 4.32. The van der Waals surface area contributed by atoms with Crippen molar-refractivity contribution in [2.75, 3.05) is 4.90 Å². The number of nitrogens with zero attached hydrogens (tertiary/aromatic N) is 1. The molecule has 0 radical (unpaired) electrons. The van der Waals surface area contributed by atoms with E-state index in [-0.39, 0.29) is 0 Å². The quantitative estimate of drug-likeness (QED) is 0.421. The molecular formula is C23H25Br2N. The summed E-state index contributed by atoms with van der Waals surface area (Å²) in [5.41, 5.74) is 5.12. The van der Waals surface area contributed by atoms with Crippen LogP contribution in [0.1, 0.15) is 45.1 Å². The van der Waals surface area contributed by atoms with E-state index in [0.717, 1.165) is 17.3 Å². The third-order valence-electron chi connectivity index (χ3n) is 5.13. The van der Waals surface area contributed by atoms with Gasteiger partial charge in [0.2, 0.25) is 0 Å². The molecule has 1 nitrogen and oxygen atoms in total. The molecule has 3 rings (SSSR count). The van der Waals surface area contributed by atoms with E-state index in [2.05, 4.69) is 118 Å². The van der Waals surface area contributed by atoms with Gasteiger partial charge in [0.05, 0.1) is 0 Å². The minimum Gasteiger partial charge on any atom is -0.314 e. The van der Waals surface area contributed by atoms with Crippen molar-refractivity contribution in [1.29, 1.82) is 0 Å². The van der Waals surface area contributed by atoms with E-state index < -0.39 is 0 Å². The predicted molar refractivity (Wildman–Crippen MR) is 120 cm³/mol. The van der Waals surface area contributed by atoms with Gasteiger partial charge in [-0.1, -0.05) is 70.8 Å². The van der Waals surface area contributed by atoms with Crippen molar-refractivity contribution < 1.29 is 0 Å². The highest BCUT2D eigenvalue weighted by Gasteiger charge is 2.21. The largest absolute Gasteiger partial charge is 0.314 e. The summed E-state index contributed by atoms with van der Waals surface area (Å²) in [6, 6.07) is 17.6. The van der Waals surface area contributed by atoms with Crippen LogP contribution in [-0.4, -0.2) is 0 Å². The van der Waals surface area contributed by atoms with Crippen LogP contribution in [0.5, 0.6) is 0 Å². The van der Waals surface area contributed by atoms with Crippen molar-refractivity contribution in [1.82, 2.24) is 0 Å². The molecule has 26 heavy (non-hydrogen) atoms. The van der Waals surface area contributed by atoms with Gasteiger partial charge < -0.3 is 4.90 Å². The van der Waals surface area contributed by atoms with Gasteiger partial charge in [0, 0.05) is 21.5 Å². The van der Waals surface area contributed by atoms with Crippen LogP contribution >= 0.6 is 31.9 Å². The smallest absolute Gasteiger partial charge is 0.0459 e. The summed E-state index contributed by atoms with van der Waals surface area (Å²) in [6.45, 7) is 6.79. The number of hydrogen-bond acceptors (Lipinski definition) is 1. The zero-order valence-electron chi connectivity index (χ0n) is 15.5. The molecule has 1 aliphatic carbocycles. The average Bonchev–Trinajstić information content (AvgIpc) is 2.66. The molecule has 136 valence electrons. The monoisotopic (exact) mass is 473 g/mol. The lowest BCUT2D eigenvalue weighted by molar-refractivity contribution is 0.688. The molecule has 2 unspecified atom stereocenters. The molecule has 0 amide bonds. The maximum absolute atomic E-state index is 3.68. The maximum atomic E-state index is 3.68. The van der Waals surface area contributed by atoms with Crippen LogP contribution in [0.25, 0.3) is 0 Å². The van der Waals surface area contributed by atoms with Gasteiger partial charge in [-0.2, -0.15) is 0 Å². The molecular weight excluding hydrogens is 450 g/mol. The standard InChI is InChI=1S/C23H25Br2N/c1-4-16(2)18-5-9-20(10-6-18)26(21-11-7-19(24)8-12-21)22-13-14-23(25)17(3)15-22/h5-14,16-17H,4,15H2,1-3H3. The minimum absolute atomic E-state index is 0.493. The van der Waals surface area contributed by atoms with Crippen LogP contribution in [-0.2, 0) is 0 Å². The minimum atomic E-state index is 0.493. The van der Waals surface area contributed by atoms with Gasteiger partial charge in [-0.3, -0.25) is 0 Å². The van der Waals surface area contributed by atoms with Gasteiger partial charge in [-0.25, -0.2) is 0 Å². The Balaban J connectivity index is 2.02. The lowest BCUT2D eigenvalue weighted by atomic mass is 9.96. The Morgan fingerprint density at radius 3 is 2.08 bits per heavy atom. The average molecular weight is 475 g/mol. The van der Waals surface area contributed by atoms with Crippen molar-refractivity contribution in [3.8, 4) is 0 Å². The molecule has 0 fully saturated rings. The van der Waals surface area contributed by atoms with Crippen LogP contribution in [0.15, 0.2) is 75.3 Å². The SMILES string of the molecule is CCC(C)c1ccc(N(C2=CC=C(Br)C(C)C2)c2ccc(Br)cc2)cc1. The molecule has 2 atom stereocenters. The molecule has 0 aliphatic heterocycles. The van der Waals surface area contributed by atoms with E-state index in [0.29, 0.717) is 11.8 Å². The fourth-order valence-electron chi connectivity index (χ4n) is 3.24. The van der Waals surface area contributed by atoms with Crippen molar-refractivity contribution in [2.45, 2.75) is 39.5 Å². The second-order valence-electron chi connectivity index (χ2n) is 7.03. The fraction of sp³-hybridized carbons (Fsp3) is 0.304. The molecule has 0 heterocycles. The zero-order valence-corrected chi connectivity index (χ0v) is 18.7. The summed E-state index contributed by atoms with van der Waals surface area (Å²) in [6.07, 6.45) is 6.59. The Morgan fingerprint density at radius 1 is 0.962 bits per heavy atom. The molecule has 0 saturated heterocycles. The highest BCUT2D eigenvalue weighted by Crippen LogP contribution is 2.38. The number of halogens is 2. The van der Waals surface area contributed by atoms with Gasteiger partial charge in [-0.15, -0.1) is 0 Å². The van der Waals surface area contributed by atoms with Gasteiger partial charge >= 0.3 is 0 Å². The number of anilines is 2. The Morgan fingerprint density at radius 2 is 1.54 bits per heavy atom. The molecule has 0 bridgehead atoms. The Bertz CT molecular complexity index is 803. The molecule has 2 aromatic rings. The van der Waals surface area contributed by atoms with Crippen LogP contribution in [0.3, 0.4) is 0 Å². The molecule has 0 aromatic heterocycles. The number of rotatable bonds is 5. The molecule has 0 N–H and O–H groups in total. The summed E-state index contributed by atoms with van der Waals surface area (Å²) in [5.74, 6) is 1.09. The summed E-state index contributed by atoms with van der Waals surface area (Å²) < 4.78 is 2.37. The van der Waals surface area contributed by atoms with Crippen LogP contribution in [0, 0.1) is 5.92 Å². The lowest BCUT2D eigenvalue weighted by Crippen LogP contribution is -2.20. The first-order valence-corrected chi connectivity index (χ1v) is 10.8. The molecule has 0 spiro atoms. The van der Waals surface area contributed by atoms with E-state index >= 15 is 0 Å². The fourth-order valence-corrected chi connectivity index (χ4v) is 3.80. The second kappa shape index (κ2) is 8.58.